The largest absolute Gasteiger partial charge is 0.573 e. The molecule has 0 saturated carbocycles. The number of hydrogen-bond acceptors (Lipinski definition) is 3. The maximum Gasteiger partial charge on any atom is 0.573 e. The van der Waals surface area contributed by atoms with Crippen molar-refractivity contribution >= 4 is 11.0 Å². The van der Waals surface area contributed by atoms with Gasteiger partial charge in [-0.05, 0) is 35.4 Å². The Labute approximate surface area is 147 Å². The SMILES string of the molecule is Cn1c(=O)c(C(F)(F)F)nc2ccc(-c3cccc(OC(F)(F)F)c3)cc21. The minimum absolute atomic E-state index is 0.0733. The molecular weight excluding hydrogens is 378 g/mol. The molecule has 27 heavy (non-hydrogen) atoms. The molecule has 0 saturated heterocycles. The van der Waals surface area contributed by atoms with Crippen molar-refractivity contribution in [3.8, 4) is 16.9 Å². The summed E-state index contributed by atoms with van der Waals surface area (Å²) >= 11 is 0. The van der Waals surface area contributed by atoms with Crippen LogP contribution in [-0.2, 0) is 13.2 Å². The Morgan fingerprint density at radius 3 is 2.26 bits per heavy atom. The summed E-state index contributed by atoms with van der Waals surface area (Å²) in [6, 6.07) is 9.11. The maximum absolute atomic E-state index is 12.9. The third-order valence-electron chi connectivity index (χ3n) is 3.75. The molecular formula is C17H10F6N2O2. The fourth-order valence-corrected chi connectivity index (χ4v) is 2.56. The summed E-state index contributed by atoms with van der Waals surface area (Å²) in [5, 5.41) is 0. The van der Waals surface area contributed by atoms with Gasteiger partial charge < -0.3 is 9.30 Å². The number of benzene rings is 2. The minimum atomic E-state index is -4.90. The highest BCUT2D eigenvalue weighted by molar-refractivity contribution is 5.82. The summed E-state index contributed by atoms with van der Waals surface area (Å²) in [6.07, 6.45) is -9.76. The van der Waals surface area contributed by atoms with Crippen LogP contribution in [0.25, 0.3) is 22.2 Å². The van der Waals surface area contributed by atoms with Gasteiger partial charge in [-0.3, -0.25) is 4.79 Å². The number of aryl methyl sites for hydroxylation is 1. The molecule has 1 aromatic heterocycles. The topological polar surface area (TPSA) is 44.1 Å². The van der Waals surface area contributed by atoms with Gasteiger partial charge >= 0.3 is 12.5 Å². The molecule has 0 spiro atoms. The van der Waals surface area contributed by atoms with Gasteiger partial charge in [0.25, 0.3) is 5.56 Å². The highest BCUT2D eigenvalue weighted by Gasteiger charge is 2.37. The summed E-state index contributed by atoms with van der Waals surface area (Å²) in [7, 11) is 1.16. The van der Waals surface area contributed by atoms with Crippen LogP contribution in [0.4, 0.5) is 26.3 Å². The smallest absolute Gasteiger partial charge is 0.406 e. The van der Waals surface area contributed by atoms with Crippen molar-refractivity contribution in [2.75, 3.05) is 0 Å². The van der Waals surface area contributed by atoms with Crippen LogP contribution in [0.3, 0.4) is 0 Å². The summed E-state index contributed by atoms with van der Waals surface area (Å²) in [5.74, 6) is -0.445. The van der Waals surface area contributed by atoms with Crippen LogP contribution in [0.2, 0.25) is 0 Å². The number of aromatic nitrogens is 2. The zero-order chi connectivity index (χ0) is 20.0. The lowest BCUT2D eigenvalue weighted by Gasteiger charge is -2.12. The zero-order valence-electron chi connectivity index (χ0n) is 13.5. The number of ether oxygens (including phenoxy) is 1. The second-order valence-electron chi connectivity index (χ2n) is 5.60. The molecule has 1 heterocycles. The van der Waals surface area contributed by atoms with Crippen molar-refractivity contribution in [3.05, 3.63) is 58.5 Å². The van der Waals surface area contributed by atoms with Gasteiger partial charge in [0.1, 0.15) is 5.75 Å². The highest BCUT2D eigenvalue weighted by atomic mass is 19.4. The van der Waals surface area contributed by atoms with Gasteiger partial charge in [0.15, 0.2) is 0 Å². The predicted octanol–water partition coefficient (Wildman–Crippen LogP) is 4.52. The molecule has 0 radical (unpaired) electrons. The molecule has 0 bridgehead atoms. The summed E-state index contributed by atoms with van der Waals surface area (Å²) < 4.78 is 80.4. The molecule has 2 aromatic carbocycles. The molecule has 142 valence electrons. The number of fused-ring (bicyclic) bond motifs is 1. The lowest BCUT2D eigenvalue weighted by molar-refractivity contribution is -0.274. The average Bonchev–Trinajstić information content (AvgIpc) is 2.55. The van der Waals surface area contributed by atoms with Gasteiger partial charge in [-0.25, -0.2) is 4.98 Å². The fourth-order valence-electron chi connectivity index (χ4n) is 2.56. The van der Waals surface area contributed by atoms with E-state index in [9.17, 15) is 31.1 Å². The highest BCUT2D eigenvalue weighted by Crippen LogP contribution is 2.30. The Morgan fingerprint density at radius 1 is 0.963 bits per heavy atom. The third kappa shape index (κ3) is 3.88. The second-order valence-corrected chi connectivity index (χ2v) is 5.60. The number of hydrogen-bond donors (Lipinski definition) is 0. The number of halogens is 6. The standard InChI is InChI=1S/C17H10F6N2O2/c1-25-13-8-10(9-3-2-4-11(7-9)27-17(21,22)23)5-6-12(13)24-14(15(25)26)16(18,19)20/h2-8H,1H3. The monoisotopic (exact) mass is 388 g/mol. The fraction of sp³-hybridized carbons (Fsp3) is 0.176. The van der Waals surface area contributed by atoms with Gasteiger partial charge in [0.05, 0.1) is 11.0 Å². The number of rotatable bonds is 2. The van der Waals surface area contributed by atoms with Crippen molar-refractivity contribution in [2.45, 2.75) is 12.5 Å². The molecule has 4 nitrogen and oxygen atoms in total. The molecule has 0 atom stereocenters. The van der Waals surface area contributed by atoms with E-state index in [0.29, 0.717) is 11.1 Å². The van der Waals surface area contributed by atoms with Crippen LogP contribution in [-0.4, -0.2) is 15.9 Å². The van der Waals surface area contributed by atoms with Crippen molar-refractivity contribution in [1.82, 2.24) is 9.55 Å². The first-order valence-corrected chi connectivity index (χ1v) is 7.40. The second kappa shape index (κ2) is 6.29. The van der Waals surface area contributed by atoms with E-state index in [-0.39, 0.29) is 11.0 Å². The van der Waals surface area contributed by atoms with E-state index in [4.69, 9.17) is 0 Å². The average molecular weight is 388 g/mol. The Kier molecular flexibility index (Phi) is 4.37. The molecule has 0 aliphatic heterocycles. The summed E-state index contributed by atoms with van der Waals surface area (Å²) in [4.78, 5) is 15.3. The Balaban J connectivity index is 2.12. The van der Waals surface area contributed by atoms with E-state index < -0.39 is 29.5 Å². The predicted molar refractivity (Wildman–Crippen MR) is 84.1 cm³/mol. The first-order valence-electron chi connectivity index (χ1n) is 7.40. The Hall–Kier alpha value is -3.04. The van der Waals surface area contributed by atoms with Gasteiger partial charge in [-0.2, -0.15) is 13.2 Å². The Bertz CT molecular complexity index is 1070. The van der Waals surface area contributed by atoms with E-state index >= 15 is 0 Å². The number of alkyl halides is 6. The molecule has 0 unspecified atom stereocenters. The summed E-state index contributed by atoms with van der Waals surface area (Å²) in [5.41, 5.74) is -2.12. The normalized spacial score (nSPS) is 12.4. The van der Waals surface area contributed by atoms with Crippen LogP contribution in [0.1, 0.15) is 5.69 Å². The molecule has 0 N–H and O–H groups in total. The van der Waals surface area contributed by atoms with Crippen LogP contribution >= 0.6 is 0 Å². The number of nitrogens with zero attached hydrogens (tertiary/aromatic N) is 2. The molecule has 10 heteroatoms. The van der Waals surface area contributed by atoms with Gasteiger partial charge in [0.2, 0.25) is 5.69 Å². The van der Waals surface area contributed by atoms with Crippen LogP contribution in [0, 0.1) is 0 Å². The molecule has 0 fully saturated rings. The van der Waals surface area contributed by atoms with Crippen molar-refractivity contribution in [2.24, 2.45) is 7.05 Å². The van der Waals surface area contributed by atoms with Gasteiger partial charge in [0, 0.05) is 7.05 Å². The zero-order valence-corrected chi connectivity index (χ0v) is 13.5. The van der Waals surface area contributed by atoms with Crippen LogP contribution in [0.15, 0.2) is 47.3 Å². The van der Waals surface area contributed by atoms with Gasteiger partial charge in [-0.1, -0.05) is 18.2 Å². The summed E-state index contributed by atoms with van der Waals surface area (Å²) in [6.45, 7) is 0. The van der Waals surface area contributed by atoms with Gasteiger partial charge in [-0.15, -0.1) is 13.2 Å². The van der Waals surface area contributed by atoms with E-state index in [1.165, 1.54) is 30.3 Å². The molecule has 3 rings (SSSR count). The minimum Gasteiger partial charge on any atom is -0.406 e. The lowest BCUT2D eigenvalue weighted by Crippen LogP contribution is -2.29. The van der Waals surface area contributed by atoms with E-state index in [1.54, 1.807) is 0 Å². The van der Waals surface area contributed by atoms with Crippen LogP contribution in [0.5, 0.6) is 5.75 Å². The van der Waals surface area contributed by atoms with E-state index in [1.807, 2.05) is 0 Å². The van der Waals surface area contributed by atoms with E-state index in [0.717, 1.165) is 23.7 Å². The Morgan fingerprint density at radius 2 is 1.63 bits per heavy atom. The van der Waals surface area contributed by atoms with Crippen molar-refractivity contribution < 1.29 is 31.1 Å². The maximum atomic E-state index is 12.9. The molecule has 0 aliphatic carbocycles. The molecule has 0 amide bonds. The first-order chi connectivity index (χ1) is 12.5. The quantitative estimate of drug-likeness (QED) is 0.607. The third-order valence-corrected chi connectivity index (χ3v) is 3.75. The van der Waals surface area contributed by atoms with E-state index in [2.05, 4.69) is 9.72 Å². The lowest BCUT2D eigenvalue weighted by atomic mass is 10.0. The van der Waals surface area contributed by atoms with Crippen molar-refractivity contribution in [3.63, 3.8) is 0 Å². The van der Waals surface area contributed by atoms with Crippen molar-refractivity contribution in [1.29, 1.82) is 0 Å². The molecule has 0 aliphatic rings. The van der Waals surface area contributed by atoms with Crippen LogP contribution < -0.4 is 10.3 Å². The molecule has 3 aromatic rings. The first kappa shape index (κ1) is 18.7.